The van der Waals surface area contributed by atoms with Crippen LogP contribution in [0, 0.1) is 0 Å². The molecule has 0 aromatic heterocycles. The summed E-state index contributed by atoms with van der Waals surface area (Å²) in [7, 11) is 1.50. The quantitative estimate of drug-likeness (QED) is 0.0844. The first-order valence-electron chi connectivity index (χ1n) is 15.2. The van der Waals surface area contributed by atoms with E-state index >= 15 is 0 Å². The summed E-state index contributed by atoms with van der Waals surface area (Å²) in [5.41, 5.74) is -0.990. The van der Waals surface area contributed by atoms with E-state index in [1.807, 2.05) is 19.0 Å². The third-order valence-corrected chi connectivity index (χ3v) is 8.21. The molecule has 0 spiro atoms. The van der Waals surface area contributed by atoms with E-state index in [2.05, 4.69) is 12.2 Å². The SMILES string of the molecule is CCCCCCCCCCCCCCCC(=O)CC(CC(=O)P(O)C(=O)CCCCN(C)C)NC(=O)CC. The van der Waals surface area contributed by atoms with Gasteiger partial charge in [0.2, 0.25) is 5.91 Å². The molecular formula is C30H57N2O5P. The van der Waals surface area contributed by atoms with Gasteiger partial charge in [-0.15, -0.1) is 0 Å². The van der Waals surface area contributed by atoms with Crippen LogP contribution in [0.25, 0.3) is 0 Å². The van der Waals surface area contributed by atoms with E-state index < -0.39 is 25.2 Å². The lowest BCUT2D eigenvalue weighted by atomic mass is 10.0. The smallest absolute Gasteiger partial charge is 0.219 e. The number of nitrogens with zero attached hydrogens (tertiary/aromatic N) is 1. The molecule has 0 aliphatic rings. The lowest BCUT2D eigenvalue weighted by Crippen LogP contribution is -2.37. The molecule has 8 heteroatoms. The van der Waals surface area contributed by atoms with Crippen molar-refractivity contribution >= 4 is 30.9 Å². The molecule has 0 fully saturated rings. The maximum Gasteiger partial charge on any atom is 0.219 e. The average Bonchev–Trinajstić information content (AvgIpc) is 2.88. The van der Waals surface area contributed by atoms with Crippen LogP contribution >= 0.6 is 8.15 Å². The topological polar surface area (TPSA) is 104 Å². The van der Waals surface area contributed by atoms with Crippen molar-refractivity contribution in [1.29, 1.82) is 0 Å². The molecule has 1 amide bonds. The number of nitrogens with one attached hydrogen (secondary N) is 1. The van der Waals surface area contributed by atoms with Crippen molar-refractivity contribution in [2.45, 2.75) is 148 Å². The molecule has 0 aromatic rings. The number of ketones is 1. The molecular weight excluding hydrogens is 499 g/mol. The Morgan fingerprint density at radius 3 is 1.68 bits per heavy atom. The maximum atomic E-state index is 12.6. The Labute approximate surface area is 234 Å². The Morgan fingerprint density at radius 2 is 1.18 bits per heavy atom. The monoisotopic (exact) mass is 556 g/mol. The minimum absolute atomic E-state index is 0.0135. The van der Waals surface area contributed by atoms with Gasteiger partial charge >= 0.3 is 0 Å². The van der Waals surface area contributed by atoms with Crippen LogP contribution in [0.4, 0.5) is 0 Å². The van der Waals surface area contributed by atoms with Crippen molar-refractivity contribution in [2.24, 2.45) is 0 Å². The van der Waals surface area contributed by atoms with Crippen LogP contribution in [0.5, 0.6) is 0 Å². The highest BCUT2D eigenvalue weighted by molar-refractivity contribution is 7.84. The summed E-state index contributed by atoms with van der Waals surface area (Å²) in [6.07, 6.45) is 18.3. The average molecular weight is 557 g/mol. The first-order valence-corrected chi connectivity index (χ1v) is 16.5. The molecule has 0 rings (SSSR count). The van der Waals surface area contributed by atoms with Gasteiger partial charge in [0.25, 0.3) is 0 Å². The van der Waals surface area contributed by atoms with Gasteiger partial charge in [-0.1, -0.05) is 90.9 Å². The normalized spacial score (nSPS) is 12.9. The van der Waals surface area contributed by atoms with Gasteiger partial charge in [0, 0.05) is 38.1 Å². The lowest BCUT2D eigenvalue weighted by Gasteiger charge is -2.18. The maximum absolute atomic E-state index is 12.6. The van der Waals surface area contributed by atoms with Crippen LogP contribution in [-0.2, 0) is 19.2 Å². The highest BCUT2D eigenvalue weighted by Gasteiger charge is 2.28. The fraction of sp³-hybridized carbons (Fsp3) is 0.867. The Hall–Kier alpha value is -1.17. The molecule has 0 saturated carbocycles. The van der Waals surface area contributed by atoms with Gasteiger partial charge in [0.15, 0.2) is 19.2 Å². The number of carbonyl (C=O) groups excluding carboxylic acids is 4. The van der Waals surface area contributed by atoms with Crippen molar-refractivity contribution in [2.75, 3.05) is 20.6 Å². The van der Waals surface area contributed by atoms with Crippen molar-refractivity contribution in [1.82, 2.24) is 10.2 Å². The van der Waals surface area contributed by atoms with Crippen LogP contribution in [0.2, 0.25) is 0 Å². The second kappa shape index (κ2) is 24.8. The number of amides is 1. The second-order valence-electron chi connectivity index (χ2n) is 10.9. The highest BCUT2D eigenvalue weighted by atomic mass is 31.1. The van der Waals surface area contributed by atoms with Gasteiger partial charge in [0.1, 0.15) is 5.78 Å². The predicted molar refractivity (Wildman–Crippen MR) is 158 cm³/mol. The van der Waals surface area contributed by atoms with E-state index in [9.17, 15) is 24.1 Å². The van der Waals surface area contributed by atoms with E-state index in [-0.39, 0.29) is 37.4 Å². The number of hydrogen-bond donors (Lipinski definition) is 2. The van der Waals surface area contributed by atoms with E-state index in [0.717, 1.165) is 32.2 Å². The number of carbonyl (C=O) groups is 4. The number of rotatable bonds is 27. The first-order chi connectivity index (χ1) is 18.2. The second-order valence-corrected chi connectivity index (χ2v) is 12.5. The summed E-state index contributed by atoms with van der Waals surface area (Å²) >= 11 is 0. The van der Waals surface area contributed by atoms with Crippen LogP contribution in [0.3, 0.4) is 0 Å². The first kappa shape index (κ1) is 36.8. The Bertz CT molecular complexity index is 657. The zero-order valence-electron chi connectivity index (χ0n) is 24.9. The van der Waals surface area contributed by atoms with Gasteiger partial charge in [-0.05, 0) is 39.9 Å². The van der Waals surface area contributed by atoms with Crippen LogP contribution in [0.1, 0.15) is 142 Å². The molecule has 0 aromatic carbocycles. The molecule has 0 aliphatic heterocycles. The molecule has 0 aliphatic carbocycles. The van der Waals surface area contributed by atoms with E-state index in [1.165, 1.54) is 64.2 Å². The van der Waals surface area contributed by atoms with Crippen LogP contribution in [-0.4, -0.2) is 59.2 Å². The van der Waals surface area contributed by atoms with Crippen LogP contribution in [0.15, 0.2) is 0 Å². The fourth-order valence-electron chi connectivity index (χ4n) is 4.47. The molecule has 222 valence electrons. The summed E-state index contributed by atoms with van der Waals surface area (Å²) in [6.45, 7) is 4.80. The molecule has 2 atom stereocenters. The van der Waals surface area contributed by atoms with E-state index in [1.54, 1.807) is 6.92 Å². The lowest BCUT2D eigenvalue weighted by molar-refractivity contribution is -0.123. The fourth-order valence-corrected chi connectivity index (χ4v) is 5.51. The van der Waals surface area contributed by atoms with E-state index in [0.29, 0.717) is 12.8 Å². The van der Waals surface area contributed by atoms with Gasteiger partial charge in [-0.2, -0.15) is 0 Å². The largest absolute Gasteiger partial charge is 0.360 e. The number of Topliss-reactive ketones (excluding diaryl/α,β-unsaturated/α-hetero) is 1. The highest BCUT2D eigenvalue weighted by Crippen LogP contribution is 2.36. The van der Waals surface area contributed by atoms with Gasteiger partial charge in [-0.3, -0.25) is 19.2 Å². The molecule has 0 bridgehead atoms. The third kappa shape index (κ3) is 21.7. The number of unbranched alkanes of at least 4 members (excludes halogenated alkanes) is 13. The summed E-state index contributed by atoms with van der Waals surface area (Å²) in [6, 6.07) is -0.664. The van der Waals surface area contributed by atoms with Gasteiger partial charge in [-0.25, -0.2) is 0 Å². The van der Waals surface area contributed by atoms with Crippen molar-refractivity contribution in [3.63, 3.8) is 0 Å². The Morgan fingerprint density at radius 1 is 0.684 bits per heavy atom. The van der Waals surface area contributed by atoms with Crippen molar-refractivity contribution < 1.29 is 24.1 Å². The Kier molecular flexibility index (Phi) is 24.1. The van der Waals surface area contributed by atoms with Gasteiger partial charge in [0.05, 0.1) is 0 Å². The zero-order chi connectivity index (χ0) is 28.6. The summed E-state index contributed by atoms with van der Waals surface area (Å²) in [4.78, 5) is 61.6. The van der Waals surface area contributed by atoms with Gasteiger partial charge < -0.3 is 15.1 Å². The zero-order valence-corrected chi connectivity index (χ0v) is 25.8. The molecule has 0 heterocycles. The molecule has 38 heavy (non-hydrogen) atoms. The predicted octanol–water partition coefficient (Wildman–Crippen LogP) is 6.89. The van der Waals surface area contributed by atoms with E-state index in [4.69, 9.17) is 0 Å². The molecule has 0 radical (unpaired) electrons. The molecule has 0 saturated heterocycles. The minimum Gasteiger partial charge on any atom is -0.360 e. The minimum atomic E-state index is -2.40. The number of hydrogen-bond acceptors (Lipinski definition) is 6. The summed E-state index contributed by atoms with van der Waals surface area (Å²) in [5.74, 6) is -0.228. The molecule has 2 N–H and O–H groups in total. The summed E-state index contributed by atoms with van der Waals surface area (Å²) in [5, 5.41) is 2.74. The molecule has 2 unspecified atom stereocenters. The third-order valence-electron chi connectivity index (χ3n) is 6.86. The summed E-state index contributed by atoms with van der Waals surface area (Å²) < 4.78 is 0. The van der Waals surface area contributed by atoms with Crippen molar-refractivity contribution in [3.05, 3.63) is 0 Å². The molecule has 7 nitrogen and oxygen atoms in total. The Balaban J connectivity index is 4.22. The van der Waals surface area contributed by atoms with Crippen molar-refractivity contribution in [3.8, 4) is 0 Å². The van der Waals surface area contributed by atoms with Crippen LogP contribution < -0.4 is 5.32 Å². The standard InChI is InChI=1S/C30H57N2O5P/c1-5-7-8-9-10-11-12-13-14-15-16-17-18-21-27(33)24-26(31-28(34)6-2)25-30(36)38(37)29(35)22-19-20-23-32(3)4/h26,37H,5-25H2,1-4H3,(H,31,34).